The summed E-state index contributed by atoms with van der Waals surface area (Å²) >= 11 is 5.05. The second-order valence-corrected chi connectivity index (χ2v) is 2.70. The van der Waals surface area contributed by atoms with Gasteiger partial charge in [-0.3, -0.25) is 4.79 Å². The maximum absolute atomic E-state index is 12.2. The van der Waals surface area contributed by atoms with Gasteiger partial charge in [0.1, 0.15) is 17.5 Å². The summed E-state index contributed by atoms with van der Waals surface area (Å²) in [4.78, 5) is 14.1. The lowest BCUT2D eigenvalue weighted by molar-refractivity contribution is 0.107. The molecule has 72 valence electrons. The van der Waals surface area contributed by atoms with Crippen molar-refractivity contribution in [2.45, 2.75) is 6.43 Å². The summed E-state index contributed by atoms with van der Waals surface area (Å²) in [6.45, 7) is 0. The van der Waals surface area contributed by atoms with Crippen LogP contribution in [0.1, 0.15) is 28.2 Å². The Kier molecular flexibility index (Phi) is 3.10. The summed E-state index contributed by atoms with van der Waals surface area (Å²) in [5.74, 6) is 0. The minimum absolute atomic E-state index is 0.258. The van der Waals surface area contributed by atoms with Crippen molar-refractivity contribution in [3.05, 3.63) is 29.1 Å². The summed E-state index contributed by atoms with van der Waals surface area (Å²) in [6, 6.07) is 3.33. The van der Waals surface area contributed by atoms with Crippen LogP contribution in [-0.2, 0) is 0 Å². The Bertz CT molecular complexity index is 414. The molecule has 1 aromatic rings. The molecule has 14 heavy (non-hydrogen) atoms. The Balaban J connectivity index is 3.29. The highest BCUT2D eigenvalue weighted by molar-refractivity contribution is 6.67. The summed E-state index contributed by atoms with van der Waals surface area (Å²) in [7, 11) is 0. The van der Waals surface area contributed by atoms with E-state index in [1.165, 1.54) is 0 Å². The van der Waals surface area contributed by atoms with Crippen molar-refractivity contribution in [2.24, 2.45) is 0 Å². The van der Waals surface area contributed by atoms with Gasteiger partial charge in [-0.1, -0.05) is 0 Å². The van der Waals surface area contributed by atoms with Crippen LogP contribution in [-0.4, -0.2) is 10.2 Å². The number of hydrogen-bond acceptors (Lipinski definition) is 3. The van der Waals surface area contributed by atoms with Crippen LogP contribution in [0.3, 0.4) is 0 Å². The van der Waals surface area contributed by atoms with Gasteiger partial charge in [0.25, 0.3) is 11.7 Å². The molecule has 6 heteroatoms. The predicted molar refractivity (Wildman–Crippen MR) is 44.1 cm³/mol. The molecule has 0 amide bonds. The van der Waals surface area contributed by atoms with Crippen molar-refractivity contribution in [1.82, 2.24) is 4.98 Å². The third-order valence-corrected chi connectivity index (χ3v) is 1.61. The molecule has 0 aliphatic rings. The first kappa shape index (κ1) is 10.5. The monoisotopic (exact) mass is 216 g/mol. The van der Waals surface area contributed by atoms with E-state index in [2.05, 4.69) is 4.98 Å². The Hall–Kier alpha value is -1.54. The summed E-state index contributed by atoms with van der Waals surface area (Å²) in [5.41, 5.74) is -1.05. The lowest BCUT2D eigenvalue weighted by Gasteiger charge is -2.01. The van der Waals surface area contributed by atoms with Gasteiger partial charge in [-0.05, 0) is 23.7 Å². The average molecular weight is 217 g/mol. The first-order valence-corrected chi connectivity index (χ1v) is 3.82. The van der Waals surface area contributed by atoms with Gasteiger partial charge < -0.3 is 0 Å². The van der Waals surface area contributed by atoms with Gasteiger partial charge in [-0.25, -0.2) is 13.8 Å². The lowest BCUT2D eigenvalue weighted by atomic mass is 10.2. The minimum Gasteiger partial charge on any atom is -0.274 e. The number of halogens is 3. The van der Waals surface area contributed by atoms with Crippen molar-refractivity contribution in [3.8, 4) is 6.07 Å². The molecule has 0 radical (unpaired) electrons. The molecule has 1 heterocycles. The minimum atomic E-state index is -2.76. The molecular formula is C8H3ClF2N2O. The van der Waals surface area contributed by atoms with Gasteiger partial charge in [0.2, 0.25) is 0 Å². The van der Waals surface area contributed by atoms with Crippen LogP contribution >= 0.6 is 11.6 Å². The Morgan fingerprint density at radius 1 is 1.57 bits per heavy atom. The molecule has 0 aliphatic heterocycles. The lowest BCUT2D eigenvalue weighted by Crippen LogP contribution is -1.99. The fourth-order valence-electron chi connectivity index (χ4n) is 0.836. The fourth-order valence-corrected chi connectivity index (χ4v) is 0.932. The highest BCUT2D eigenvalue weighted by Gasteiger charge is 2.13. The third-order valence-electron chi connectivity index (χ3n) is 1.42. The van der Waals surface area contributed by atoms with Crippen LogP contribution in [0.15, 0.2) is 12.1 Å². The van der Waals surface area contributed by atoms with Crippen LogP contribution < -0.4 is 0 Å². The van der Waals surface area contributed by atoms with E-state index in [0.717, 1.165) is 12.1 Å². The zero-order valence-corrected chi connectivity index (χ0v) is 7.42. The van der Waals surface area contributed by atoms with Crippen molar-refractivity contribution >= 4 is 16.8 Å². The van der Waals surface area contributed by atoms with E-state index in [-0.39, 0.29) is 11.4 Å². The molecule has 1 aromatic heterocycles. The number of carbonyl (C=O) groups excluding carboxylic acids is 1. The molecule has 0 aromatic carbocycles. The summed E-state index contributed by atoms with van der Waals surface area (Å²) in [6.07, 6.45) is -2.76. The smallest absolute Gasteiger partial charge is 0.270 e. The van der Waals surface area contributed by atoms with Crippen molar-refractivity contribution in [3.63, 3.8) is 0 Å². The second-order valence-electron chi connectivity index (χ2n) is 2.36. The van der Waals surface area contributed by atoms with E-state index in [1.807, 2.05) is 0 Å². The number of hydrogen-bond donors (Lipinski definition) is 0. The van der Waals surface area contributed by atoms with E-state index in [9.17, 15) is 13.6 Å². The Morgan fingerprint density at radius 2 is 2.21 bits per heavy atom. The standard InChI is InChI=1S/C8H3ClF2N2O/c9-7(14)6-2-4(8(10)11)1-5(3-12)13-6/h1-2,8H. The first-order chi connectivity index (χ1) is 6.54. The van der Waals surface area contributed by atoms with Gasteiger partial charge in [-0.2, -0.15) is 5.26 Å². The van der Waals surface area contributed by atoms with Crippen molar-refractivity contribution in [2.75, 3.05) is 0 Å². The number of alkyl halides is 2. The number of rotatable bonds is 2. The van der Waals surface area contributed by atoms with Crippen LogP contribution in [0.4, 0.5) is 8.78 Å². The molecule has 0 aliphatic carbocycles. The van der Waals surface area contributed by atoms with E-state index in [4.69, 9.17) is 16.9 Å². The molecule has 0 fully saturated rings. The SMILES string of the molecule is N#Cc1cc(C(F)F)cc(C(=O)Cl)n1. The van der Waals surface area contributed by atoms with E-state index in [1.54, 1.807) is 6.07 Å². The normalized spacial score (nSPS) is 9.93. The topological polar surface area (TPSA) is 53.8 Å². The molecule has 3 nitrogen and oxygen atoms in total. The largest absolute Gasteiger partial charge is 0.274 e. The fraction of sp³-hybridized carbons (Fsp3) is 0.125. The number of pyridine rings is 1. The number of aromatic nitrogens is 1. The zero-order chi connectivity index (χ0) is 10.7. The molecule has 0 saturated carbocycles. The molecule has 0 N–H and O–H groups in total. The predicted octanol–water partition coefficient (Wildman–Crippen LogP) is 2.27. The highest BCUT2D eigenvalue weighted by atomic mass is 35.5. The van der Waals surface area contributed by atoms with Gasteiger partial charge in [0.15, 0.2) is 0 Å². The first-order valence-electron chi connectivity index (χ1n) is 3.44. The second kappa shape index (κ2) is 4.11. The van der Waals surface area contributed by atoms with Gasteiger partial charge >= 0.3 is 0 Å². The molecule has 0 atom stereocenters. The summed E-state index contributed by atoms with van der Waals surface area (Å²) < 4.78 is 24.5. The highest BCUT2D eigenvalue weighted by Crippen LogP contribution is 2.20. The molecule has 0 saturated heterocycles. The quantitative estimate of drug-likeness (QED) is 0.713. The van der Waals surface area contributed by atoms with E-state index >= 15 is 0 Å². The molecule has 0 unspecified atom stereocenters. The van der Waals surface area contributed by atoms with Gasteiger partial charge in [-0.15, -0.1) is 0 Å². The van der Waals surface area contributed by atoms with Crippen LogP contribution in [0.5, 0.6) is 0 Å². The van der Waals surface area contributed by atoms with Crippen molar-refractivity contribution in [1.29, 1.82) is 5.26 Å². The molecule has 0 bridgehead atoms. The number of nitrogens with zero attached hydrogens (tertiary/aromatic N) is 2. The van der Waals surface area contributed by atoms with Gasteiger partial charge in [0.05, 0.1) is 0 Å². The van der Waals surface area contributed by atoms with Gasteiger partial charge in [0, 0.05) is 5.56 Å². The maximum Gasteiger partial charge on any atom is 0.270 e. The Labute approximate surface area is 82.9 Å². The number of nitriles is 1. The number of carbonyl (C=O) groups is 1. The van der Waals surface area contributed by atoms with Crippen LogP contribution in [0.2, 0.25) is 0 Å². The third kappa shape index (κ3) is 2.24. The van der Waals surface area contributed by atoms with Crippen LogP contribution in [0.25, 0.3) is 0 Å². The maximum atomic E-state index is 12.2. The molecule has 1 rings (SSSR count). The molecular weight excluding hydrogens is 214 g/mol. The Morgan fingerprint density at radius 3 is 2.64 bits per heavy atom. The van der Waals surface area contributed by atoms with Crippen molar-refractivity contribution < 1.29 is 13.6 Å². The zero-order valence-electron chi connectivity index (χ0n) is 6.67. The van der Waals surface area contributed by atoms with Crippen LogP contribution in [0, 0.1) is 11.3 Å². The van der Waals surface area contributed by atoms with E-state index < -0.39 is 17.2 Å². The van der Waals surface area contributed by atoms with E-state index in [0.29, 0.717) is 0 Å². The average Bonchev–Trinajstić information content (AvgIpc) is 2.16. The molecule has 0 spiro atoms. The summed E-state index contributed by atoms with van der Waals surface area (Å²) in [5, 5.41) is 7.47.